The molecule has 1 aromatic rings. The van der Waals surface area contributed by atoms with Gasteiger partial charge in [-0.2, -0.15) is 4.57 Å². The van der Waals surface area contributed by atoms with Gasteiger partial charge in [0.2, 0.25) is 0 Å². The summed E-state index contributed by atoms with van der Waals surface area (Å²) in [5.74, 6) is -0.725. The fourth-order valence-corrected chi connectivity index (χ4v) is 8.75. The zero-order chi connectivity index (χ0) is 45.0. The van der Waals surface area contributed by atoms with Crippen LogP contribution in [-0.4, -0.2) is 66.1 Å². The van der Waals surface area contributed by atoms with Gasteiger partial charge in [0.1, 0.15) is 11.3 Å². The van der Waals surface area contributed by atoms with E-state index in [2.05, 4.69) is 65.1 Å². The third-order valence-corrected chi connectivity index (χ3v) is 12.0. The lowest BCUT2D eigenvalue weighted by Gasteiger charge is -2.17. The smallest absolute Gasteiger partial charge is 0.310 e. The molecule has 0 aromatic carbocycles. The minimum atomic E-state index is -3.92. The van der Waals surface area contributed by atoms with E-state index in [1.54, 1.807) is 29.1 Å². The molecule has 6 heterocycles. The largest absolute Gasteiger partial charge is 0.748 e. The number of hydrogen-bond acceptors (Lipinski definition) is 12. The molecule has 1 amide bonds. The molecule has 1 aromatic heterocycles. The number of nitrogens with zero attached hydrogens (tertiary/aromatic N) is 4. The predicted octanol–water partition coefficient (Wildman–Crippen LogP) is 7.17. The number of ether oxygens (including phenoxy) is 2. The Kier molecular flexibility index (Phi) is 14.3. The lowest BCUT2D eigenvalue weighted by molar-refractivity contribution is -0.727. The van der Waals surface area contributed by atoms with E-state index in [0.717, 1.165) is 104 Å². The van der Waals surface area contributed by atoms with E-state index in [0.29, 0.717) is 37.0 Å². The van der Waals surface area contributed by atoms with Crippen LogP contribution in [-0.2, 0) is 31.1 Å². The van der Waals surface area contributed by atoms with Crippen molar-refractivity contribution in [2.45, 2.75) is 113 Å². The fourth-order valence-electron chi connectivity index (χ4n) is 8.75. The highest BCUT2D eigenvalue weighted by molar-refractivity contribution is 7.84. The monoisotopic (exact) mass is 866 g/mol. The molecule has 5 aliphatic heterocycles. The third kappa shape index (κ3) is 10.2. The van der Waals surface area contributed by atoms with Gasteiger partial charge in [-0.3, -0.25) is 9.59 Å². The van der Waals surface area contributed by atoms with E-state index < -0.39 is 16.0 Å². The zero-order valence-electron chi connectivity index (χ0n) is 36.9. The first-order valence-electron chi connectivity index (χ1n) is 21.3. The molecule has 0 saturated carbocycles. The number of aliphatic imine (C=N–C) groups is 3. The Hall–Kier alpha value is -5.51. The molecule has 4 N–H and O–H groups in total. The van der Waals surface area contributed by atoms with Crippen LogP contribution < -0.4 is 15.6 Å². The molecule has 0 spiro atoms. The molecule has 7 rings (SSSR count). The molecule has 2 unspecified atom stereocenters. The lowest BCUT2D eigenvalue weighted by Crippen LogP contribution is -2.36. The van der Waals surface area contributed by atoms with Crippen molar-refractivity contribution < 1.29 is 41.7 Å². The molecule has 15 heteroatoms. The van der Waals surface area contributed by atoms with Gasteiger partial charge in [0.15, 0.2) is 12.4 Å². The van der Waals surface area contributed by atoms with E-state index in [1.807, 2.05) is 6.92 Å². The Morgan fingerprint density at radius 2 is 1.74 bits per heavy atom. The van der Waals surface area contributed by atoms with Crippen LogP contribution in [0, 0.1) is 11.8 Å². The highest BCUT2D eigenvalue weighted by Crippen LogP contribution is 2.46. The first-order chi connectivity index (χ1) is 29.4. The standard InChI is InChI=1S/C46H54N6O5.CH4O3S/c1-8-10-11-12-18-56-29(7)42-27(5)36-20-35-26(4)32(15-16-41(54)57-24-52-17-13-14-30(23-52)46(47)55)44(50-35)33-19-40(53)43-28(6)37(51-45(33)43)21-38-31(9-2)25(3)34(48-38)22-39(42)49-36;1-5(2,3)4/h13-14,17,20-23,26,29,32H,8-12,15-16,18-19,24H2,1-7H3,(H3-,47,48,49,50,51,53,55);1H3,(H,2,3,4)/t26?,29?,32-;/m0./s1. The van der Waals surface area contributed by atoms with Gasteiger partial charge in [-0.05, 0) is 93.5 Å². The Bertz CT molecular complexity index is 2520. The van der Waals surface area contributed by atoms with Crippen molar-refractivity contribution in [1.82, 2.24) is 5.32 Å². The number of rotatable bonds is 14. The predicted molar refractivity (Wildman–Crippen MR) is 238 cm³/mol. The van der Waals surface area contributed by atoms with Crippen LogP contribution in [0.25, 0.3) is 0 Å². The summed E-state index contributed by atoms with van der Waals surface area (Å²) >= 11 is 0. The number of pyridine rings is 1. The number of allylic oxidation sites excluding steroid dienone is 11. The van der Waals surface area contributed by atoms with Crippen molar-refractivity contribution >= 4 is 39.1 Å². The number of nitrogens with two attached hydrogens (primary N) is 1. The van der Waals surface area contributed by atoms with Crippen molar-refractivity contribution in [1.29, 1.82) is 0 Å². The van der Waals surface area contributed by atoms with E-state index in [9.17, 15) is 14.7 Å². The molecule has 6 aliphatic rings. The van der Waals surface area contributed by atoms with Crippen LogP contribution in [0.5, 0.6) is 0 Å². The zero-order valence-corrected chi connectivity index (χ0v) is 37.7. The van der Waals surface area contributed by atoms with Crippen LogP contribution in [0.2, 0.25) is 0 Å². The number of carbonyl (C=O) groups is 2. The Morgan fingerprint density at radius 3 is 2.44 bits per heavy atom. The number of unbranched alkanes of at least 4 members (excludes halogenated alkanes) is 3. The highest BCUT2D eigenvalue weighted by Gasteiger charge is 2.41. The minimum Gasteiger partial charge on any atom is -0.748 e. The maximum atomic E-state index is 13.2. The number of carbonyl (C=O) groups excluding carboxylic acids is 2. The Morgan fingerprint density at radius 1 is 1.03 bits per heavy atom. The quantitative estimate of drug-likeness (QED) is 0.0748. The molecule has 0 radical (unpaired) electrons. The maximum Gasteiger partial charge on any atom is 0.310 e. The number of hydrogen-bond donors (Lipinski definition) is 3. The third-order valence-electron chi connectivity index (χ3n) is 12.0. The van der Waals surface area contributed by atoms with Crippen molar-refractivity contribution in [3.05, 3.63) is 122 Å². The summed E-state index contributed by atoms with van der Waals surface area (Å²) in [5.41, 5.74) is 19.7. The number of aliphatic hydroxyl groups excluding tert-OH is 1. The van der Waals surface area contributed by atoms with Crippen LogP contribution in [0.3, 0.4) is 0 Å². The Labute approximate surface area is 364 Å². The molecular weight excluding hydrogens is 809 g/mol. The average molecular weight is 867 g/mol. The number of fused-ring (bicyclic) bond motifs is 5. The number of aromatic nitrogens is 1. The van der Waals surface area contributed by atoms with Gasteiger partial charge in [-0.15, -0.1) is 0 Å². The minimum absolute atomic E-state index is 0.0154. The van der Waals surface area contributed by atoms with E-state index >= 15 is 0 Å². The van der Waals surface area contributed by atoms with Gasteiger partial charge in [0.25, 0.3) is 12.6 Å². The normalized spacial score (nSPS) is 21.0. The van der Waals surface area contributed by atoms with Crippen molar-refractivity contribution in [2.75, 3.05) is 12.9 Å². The number of primary amides is 1. The molecule has 1 saturated heterocycles. The van der Waals surface area contributed by atoms with Crippen LogP contribution in [0.15, 0.2) is 131 Å². The molecule has 8 bridgehead atoms. The first-order valence-corrected chi connectivity index (χ1v) is 23.2. The maximum absolute atomic E-state index is 13.2. The number of nitrogens with one attached hydrogen (secondary N) is 1. The van der Waals surface area contributed by atoms with Crippen molar-refractivity contribution in [3.8, 4) is 0 Å². The summed E-state index contributed by atoms with van der Waals surface area (Å²) in [5, 5.41) is 15.2. The molecule has 14 nitrogen and oxygen atoms in total. The van der Waals surface area contributed by atoms with Gasteiger partial charge in [0.05, 0.1) is 50.4 Å². The molecule has 330 valence electrons. The summed E-state index contributed by atoms with van der Waals surface area (Å²) in [6.07, 6.45) is 16.4. The summed E-state index contributed by atoms with van der Waals surface area (Å²) in [6, 6.07) is 3.30. The lowest BCUT2D eigenvalue weighted by atomic mass is 9.86. The van der Waals surface area contributed by atoms with Crippen molar-refractivity contribution in [3.63, 3.8) is 0 Å². The molecule has 1 aliphatic carbocycles. The van der Waals surface area contributed by atoms with E-state index in [4.69, 9.17) is 43.2 Å². The highest BCUT2D eigenvalue weighted by atomic mass is 32.2. The molecular formula is C47H58N6O8S. The van der Waals surface area contributed by atoms with Gasteiger partial charge in [-0.1, -0.05) is 40.0 Å². The fraction of sp³-hybridized carbons (Fsp3) is 0.447. The SMILES string of the molecule is CCCCCCOC(C)C1=C(C)C2=NC1=CC1=NC(=CC3=C(C)C4=C(O)CC(=C5NC(=C2)C(C)[C@@H]5CCC(=O)OC[n+]2cccc(C(N)=O)c2)C4=N3)C(CC)=C1C.CS(=O)(=O)[O-]. The first kappa shape index (κ1) is 46.0. The summed E-state index contributed by atoms with van der Waals surface area (Å²) in [4.78, 5) is 40.5. The Balaban J connectivity index is 0.00000121. The van der Waals surface area contributed by atoms with Gasteiger partial charge in [-0.25, -0.2) is 23.4 Å². The number of aliphatic hydroxyl groups is 1. The topological polar surface area (TPSA) is 209 Å². The average Bonchev–Trinajstić information content (AvgIpc) is 3.97. The van der Waals surface area contributed by atoms with E-state index in [-0.39, 0.29) is 37.1 Å². The second-order valence-electron chi connectivity index (χ2n) is 16.5. The number of amides is 1. The van der Waals surface area contributed by atoms with Crippen LogP contribution in [0.4, 0.5) is 0 Å². The molecule has 62 heavy (non-hydrogen) atoms. The second-order valence-corrected chi connectivity index (χ2v) is 17.9. The van der Waals surface area contributed by atoms with Gasteiger partial charge >= 0.3 is 5.97 Å². The van der Waals surface area contributed by atoms with Crippen LogP contribution in [0.1, 0.15) is 110 Å². The summed E-state index contributed by atoms with van der Waals surface area (Å²) in [7, 11) is -3.92. The summed E-state index contributed by atoms with van der Waals surface area (Å²) in [6.45, 7) is 15.6. The second kappa shape index (κ2) is 19.3. The van der Waals surface area contributed by atoms with Gasteiger partial charge < -0.3 is 30.2 Å². The van der Waals surface area contributed by atoms with Crippen LogP contribution >= 0.6 is 0 Å². The molecule has 1 fully saturated rings. The number of esters is 1. The van der Waals surface area contributed by atoms with Crippen molar-refractivity contribution in [2.24, 2.45) is 32.5 Å². The summed E-state index contributed by atoms with van der Waals surface area (Å²) < 4.78 is 41.0. The molecule has 3 atom stereocenters. The van der Waals surface area contributed by atoms with E-state index in [1.165, 1.54) is 12.8 Å². The van der Waals surface area contributed by atoms with Gasteiger partial charge in [0, 0.05) is 71.7 Å².